The highest BCUT2D eigenvalue weighted by molar-refractivity contribution is 9.10. The molecule has 0 aliphatic carbocycles. The van der Waals surface area contributed by atoms with E-state index in [0.29, 0.717) is 39.6 Å². The van der Waals surface area contributed by atoms with Crippen LogP contribution >= 0.6 is 15.9 Å². The van der Waals surface area contributed by atoms with Gasteiger partial charge in [0.2, 0.25) is 10.0 Å². The molecule has 7 nitrogen and oxygen atoms in total. The summed E-state index contributed by atoms with van der Waals surface area (Å²) in [5.41, 5.74) is 0. The summed E-state index contributed by atoms with van der Waals surface area (Å²) >= 11 is 3.29. The van der Waals surface area contributed by atoms with Gasteiger partial charge in [-0.2, -0.15) is 4.31 Å². The number of ether oxygens (including phenoxy) is 3. The second-order valence-electron chi connectivity index (χ2n) is 5.22. The average molecular weight is 439 g/mol. The van der Waals surface area contributed by atoms with Crippen molar-refractivity contribution in [2.45, 2.75) is 4.90 Å². The van der Waals surface area contributed by atoms with Gasteiger partial charge in [-0.05, 0) is 31.3 Å². The van der Waals surface area contributed by atoms with E-state index in [-0.39, 0.29) is 11.4 Å². The molecule has 25 heavy (non-hydrogen) atoms. The first-order chi connectivity index (χ1) is 12.0. The first-order valence-corrected chi connectivity index (χ1v) is 10.3. The van der Waals surface area contributed by atoms with Crippen LogP contribution in [0.4, 0.5) is 0 Å². The van der Waals surface area contributed by atoms with Crippen LogP contribution in [0, 0.1) is 0 Å². The van der Waals surface area contributed by atoms with Gasteiger partial charge in [-0.1, -0.05) is 15.9 Å². The van der Waals surface area contributed by atoms with E-state index in [1.807, 2.05) is 7.05 Å². The van der Waals surface area contributed by atoms with Crippen LogP contribution in [-0.2, 0) is 24.2 Å². The molecule has 0 unspecified atom stereocenters. The number of hydrogen-bond acceptors (Lipinski definition) is 6. The molecule has 0 aliphatic rings. The van der Waals surface area contributed by atoms with Gasteiger partial charge in [0.05, 0.1) is 44.5 Å². The summed E-state index contributed by atoms with van der Waals surface area (Å²) in [5.74, 6) is 0. The highest BCUT2D eigenvalue weighted by Crippen LogP contribution is 2.17. The van der Waals surface area contributed by atoms with E-state index >= 15 is 0 Å². The van der Waals surface area contributed by atoms with Crippen LogP contribution in [0.15, 0.2) is 33.6 Å². The number of likely N-dealkylation sites (N-methyl/N-ethyl adjacent to an activating group) is 2. The number of nitrogens with zero attached hydrogens (tertiary/aromatic N) is 1. The summed E-state index contributed by atoms with van der Waals surface area (Å²) in [5, 5.41) is 2.99. The van der Waals surface area contributed by atoms with Gasteiger partial charge in [-0.3, -0.25) is 0 Å². The van der Waals surface area contributed by atoms with Gasteiger partial charge in [-0.25, -0.2) is 8.42 Å². The van der Waals surface area contributed by atoms with Crippen LogP contribution in [0.25, 0.3) is 0 Å². The van der Waals surface area contributed by atoms with E-state index in [1.54, 1.807) is 31.3 Å². The lowest BCUT2D eigenvalue weighted by atomic mass is 10.4. The Hall–Kier alpha value is -0.550. The lowest BCUT2D eigenvalue weighted by molar-refractivity contribution is 0.0144. The Bertz CT molecular complexity index is 568. The Morgan fingerprint density at radius 2 is 1.48 bits per heavy atom. The third kappa shape index (κ3) is 9.09. The molecule has 0 saturated heterocycles. The van der Waals surface area contributed by atoms with Gasteiger partial charge in [0.15, 0.2) is 0 Å². The van der Waals surface area contributed by atoms with E-state index in [9.17, 15) is 8.42 Å². The zero-order valence-electron chi connectivity index (χ0n) is 14.7. The van der Waals surface area contributed by atoms with Crippen molar-refractivity contribution < 1.29 is 22.6 Å². The Morgan fingerprint density at radius 1 is 0.960 bits per heavy atom. The minimum atomic E-state index is -3.49. The molecule has 0 amide bonds. The minimum Gasteiger partial charge on any atom is -0.378 e. The first-order valence-electron chi connectivity index (χ1n) is 8.08. The number of nitrogens with one attached hydrogen (secondary N) is 1. The minimum absolute atomic E-state index is 0.264. The van der Waals surface area contributed by atoms with Gasteiger partial charge in [0.25, 0.3) is 0 Å². The molecule has 0 spiro atoms. The van der Waals surface area contributed by atoms with E-state index in [1.165, 1.54) is 4.31 Å². The van der Waals surface area contributed by atoms with E-state index in [2.05, 4.69) is 21.2 Å². The van der Waals surface area contributed by atoms with Crippen LogP contribution in [0.3, 0.4) is 0 Å². The molecule has 1 aromatic rings. The van der Waals surface area contributed by atoms with E-state index in [4.69, 9.17) is 14.2 Å². The second-order valence-corrected chi connectivity index (χ2v) is 8.18. The summed E-state index contributed by atoms with van der Waals surface area (Å²) in [4.78, 5) is 0.264. The zero-order chi connectivity index (χ0) is 18.5. The van der Waals surface area contributed by atoms with Gasteiger partial charge in [0.1, 0.15) is 0 Å². The monoisotopic (exact) mass is 438 g/mol. The van der Waals surface area contributed by atoms with Crippen molar-refractivity contribution in [2.75, 3.05) is 66.8 Å². The summed E-state index contributed by atoms with van der Waals surface area (Å²) in [6, 6.07) is 6.56. The van der Waals surface area contributed by atoms with Gasteiger partial charge < -0.3 is 19.5 Å². The Labute approximate surface area is 158 Å². The molecule has 1 aromatic carbocycles. The maximum Gasteiger partial charge on any atom is 0.242 e. The van der Waals surface area contributed by atoms with Crippen molar-refractivity contribution >= 4 is 26.0 Å². The highest BCUT2D eigenvalue weighted by Gasteiger charge is 2.20. The topological polar surface area (TPSA) is 77.1 Å². The molecule has 0 radical (unpaired) electrons. The summed E-state index contributed by atoms with van der Waals surface area (Å²) in [6.45, 7) is 4.02. The second kappa shape index (κ2) is 12.7. The maximum atomic E-state index is 12.4. The van der Waals surface area contributed by atoms with Crippen LogP contribution in [-0.4, -0.2) is 79.5 Å². The molecule has 0 bridgehead atoms. The zero-order valence-corrected chi connectivity index (χ0v) is 17.1. The lowest BCUT2D eigenvalue weighted by Crippen LogP contribution is -2.30. The Kier molecular flexibility index (Phi) is 11.5. The number of rotatable bonds is 14. The molecular weight excluding hydrogens is 412 g/mol. The molecule has 1 rings (SSSR count). The first kappa shape index (κ1) is 22.5. The molecule has 144 valence electrons. The fraction of sp³-hybridized carbons (Fsp3) is 0.625. The molecule has 0 fully saturated rings. The number of benzene rings is 1. The molecule has 0 aliphatic heterocycles. The highest BCUT2D eigenvalue weighted by atomic mass is 79.9. The summed E-state index contributed by atoms with van der Waals surface area (Å²) in [6.07, 6.45) is 0. The van der Waals surface area contributed by atoms with Crippen LogP contribution in [0.1, 0.15) is 0 Å². The number of halogens is 1. The number of sulfonamides is 1. The smallest absolute Gasteiger partial charge is 0.242 e. The Morgan fingerprint density at radius 3 is 2.04 bits per heavy atom. The normalized spacial score (nSPS) is 12.0. The maximum absolute atomic E-state index is 12.4. The molecule has 0 saturated carbocycles. The third-order valence-electron chi connectivity index (χ3n) is 3.31. The van der Waals surface area contributed by atoms with Crippen LogP contribution in [0.5, 0.6) is 0 Å². The third-order valence-corrected chi connectivity index (χ3v) is 5.71. The van der Waals surface area contributed by atoms with Crippen molar-refractivity contribution in [1.82, 2.24) is 9.62 Å². The fourth-order valence-electron chi connectivity index (χ4n) is 1.82. The van der Waals surface area contributed by atoms with Gasteiger partial charge in [0, 0.05) is 24.6 Å². The molecule has 1 N–H and O–H groups in total. The standard InChI is InChI=1S/C16H27BrN2O5S/c1-18-7-9-22-11-13-24-14-12-23-10-8-19(2)25(20,21)16-5-3-15(17)4-6-16/h3-6,18H,7-14H2,1-2H3. The van der Waals surface area contributed by atoms with Crippen molar-refractivity contribution in [3.63, 3.8) is 0 Å². The molecule has 0 atom stereocenters. The van der Waals surface area contributed by atoms with Gasteiger partial charge >= 0.3 is 0 Å². The van der Waals surface area contributed by atoms with Crippen molar-refractivity contribution in [2.24, 2.45) is 0 Å². The molecule has 0 aromatic heterocycles. The van der Waals surface area contributed by atoms with Crippen molar-refractivity contribution in [3.8, 4) is 0 Å². The molecular formula is C16H27BrN2O5S. The number of hydrogen-bond donors (Lipinski definition) is 1. The van der Waals surface area contributed by atoms with E-state index < -0.39 is 10.0 Å². The Balaban J connectivity index is 2.12. The molecule has 0 heterocycles. The SMILES string of the molecule is CNCCOCCOCCOCCN(C)S(=O)(=O)c1ccc(Br)cc1. The summed E-state index contributed by atoms with van der Waals surface area (Å²) in [7, 11) is -0.0735. The van der Waals surface area contributed by atoms with Crippen LogP contribution < -0.4 is 5.32 Å². The lowest BCUT2D eigenvalue weighted by Gasteiger charge is -2.17. The predicted octanol–water partition coefficient (Wildman–Crippen LogP) is 1.34. The summed E-state index contributed by atoms with van der Waals surface area (Å²) < 4.78 is 42.9. The average Bonchev–Trinajstić information content (AvgIpc) is 2.59. The van der Waals surface area contributed by atoms with E-state index in [0.717, 1.165) is 11.0 Å². The predicted molar refractivity (Wildman–Crippen MR) is 100 cm³/mol. The van der Waals surface area contributed by atoms with Crippen molar-refractivity contribution in [1.29, 1.82) is 0 Å². The largest absolute Gasteiger partial charge is 0.378 e. The van der Waals surface area contributed by atoms with Gasteiger partial charge in [-0.15, -0.1) is 0 Å². The fourth-order valence-corrected chi connectivity index (χ4v) is 3.24. The van der Waals surface area contributed by atoms with Crippen LogP contribution in [0.2, 0.25) is 0 Å². The quantitative estimate of drug-likeness (QED) is 0.441. The molecule has 9 heteroatoms. The van der Waals surface area contributed by atoms with Crippen molar-refractivity contribution in [3.05, 3.63) is 28.7 Å².